The smallest absolute Gasteiger partial charge is 0.248 e. The number of carbonyl (C=O) groups is 1. The maximum atomic E-state index is 13.3. The van der Waals surface area contributed by atoms with Crippen LogP contribution < -0.4 is 10.1 Å². The van der Waals surface area contributed by atoms with Gasteiger partial charge >= 0.3 is 0 Å². The van der Waals surface area contributed by atoms with Crippen LogP contribution in [0.4, 0.5) is 10.1 Å². The number of para-hydroxylation sites is 2. The van der Waals surface area contributed by atoms with E-state index in [0.717, 1.165) is 5.56 Å². The molecule has 3 aromatic rings. The van der Waals surface area contributed by atoms with Gasteiger partial charge in [0.25, 0.3) is 0 Å². The zero-order valence-electron chi connectivity index (χ0n) is 12.6. The number of hydrogen-bond acceptors (Lipinski definition) is 3. The summed E-state index contributed by atoms with van der Waals surface area (Å²) in [5.74, 6) is 0.162. The van der Waals surface area contributed by atoms with Gasteiger partial charge < -0.3 is 10.1 Å². The highest BCUT2D eigenvalue weighted by molar-refractivity contribution is 7.08. The first-order valence-corrected chi connectivity index (χ1v) is 8.19. The van der Waals surface area contributed by atoms with Crippen molar-refractivity contribution in [2.24, 2.45) is 0 Å². The van der Waals surface area contributed by atoms with E-state index in [1.165, 1.54) is 18.2 Å². The van der Waals surface area contributed by atoms with Crippen molar-refractivity contribution in [3.63, 3.8) is 0 Å². The zero-order valence-corrected chi connectivity index (χ0v) is 13.4. The third kappa shape index (κ3) is 4.30. The average molecular weight is 339 g/mol. The van der Waals surface area contributed by atoms with Gasteiger partial charge in [-0.2, -0.15) is 11.3 Å². The van der Waals surface area contributed by atoms with Gasteiger partial charge in [0.1, 0.15) is 11.6 Å². The molecule has 5 heteroatoms. The summed E-state index contributed by atoms with van der Waals surface area (Å²) in [7, 11) is 0. The van der Waals surface area contributed by atoms with Gasteiger partial charge in [-0.15, -0.1) is 0 Å². The Kier molecular flexibility index (Phi) is 5.03. The minimum Gasteiger partial charge on any atom is -0.455 e. The number of halogens is 1. The van der Waals surface area contributed by atoms with E-state index in [0.29, 0.717) is 17.2 Å². The maximum absolute atomic E-state index is 13.3. The number of thiophene rings is 1. The lowest BCUT2D eigenvalue weighted by Gasteiger charge is -2.11. The maximum Gasteiger partial charge on any atom is 0.248 e. The van der Waals surface area contributed by atoms with Crippen molar-refractivity contribution in [1.82, 2.24) is 0 Å². The van der Waals surface area contributed by atoms with Crippen LogP contribution in [0.15, 0.2) is 71.4 Å². The van der Waals surface area contributed by atoms with Crippen LogP contribution in [-0.2, 0) is 4.79 Å². The molecule has 0 atom stereocenters. The second-order valence-corrected chi connectivity index (χ2v) is 5.71. The standard InChI is InChI=1S/C19H14FNO2S/c20-15-4-3-5-16(12-15)23-18-7-2-1-6-17(18)21-19(22)9-8-14-10-11-24-13-14/h1-13H,(H,21,22)/b9-8-. The molecule has 24 heavy (non-hydrogen) atoms. The molecule has 0 unspecified atom stereocenters. The molecule has 0 bridgehead atoms. The molecule has 1 heterocycles. The Morgan fingerprint density at radius 3 is 2.79 bits per heavy atom. The number of ether oxygens (including phenoxy) is 1. The zero-order chi connectivity index (χ0) is 16.8. The summed E-state index contributed by atoms with van der Waals surface area (Å²) in [6.07, 6.45) is 3.20. The van der Waals surface area contributed by atoms with E-state index < -0.39 is 0 Å². The molecule has 1 amide bonds. The van der Waals surface area contributed by atoms with Gasteiger partial charge in [-0.25, -0.2) is 4.39 Å². The lowest BCUT2D eigenvalue weighted by molar-refractivity contribution is -0.111. The van der Waals surface area contributed by atoms with Crippen molar-refractivity contribution in [2.45, 2.75) is 0 Å². The van der Waals surface area contributed by atoms with Crippen LogP contribution >= 0.6 is 11.3 Å². The van der Waals surface area contributed by atoms with Crippen LogP contribution in [0.25, 0.3) is 6.08 Å². The highest BCUT2D eigenvalue weighted by atomic mass is 32.1. The lowest BCUT2D eigenvalue weighted by atomic mass is 10.2. The van der Waals surface area contributed by atoms with Crippen molar-refractivity contribution in [3.05, 3.63) is 82.8 Å². The summed E-state index contributed by atoms with van der Waals surface area (Å²) >= 11 is 1.57. The fourth-order valence-corrected chi connectivity index (χ4v) is 2.66. The van der Waals surface area contributed by atoms with Gasteiger partial charge in [-0.1, -0.05) is 18.2 Å². The number of benzene rings is 2. The van der Waals surface area contributed by atoms with Crippen LogP contribution in [-0.4, -0.2) is 5.91 Å². The topological polar surface area (TPSA) is 38.3 Å². The summed E-state index contributed by atoms with van der Waals surface area (Å²) in [5.41, 5.74) is 1.49. The first-order valence-electron chi connectivity index (χ1n) is 7.24. The SMILES string of the molecule is O=C(/C=C\c1ccsc1)Nc1ccccc1Oc1cccc(F)c1. The van der Waals surface area contributed by atoms with E-state index in [-0.39, 0.29) is 11.7 Å². The van der Waals surface area contributed by atoms with E-state index in [1.807, 2.05) is 16.8 Å². The fraction of sp³-hybridized carbons (Fsp3) is 0. The Morgan fingerprint density at radius 2 is 2.00 bits per heavy atom. The molecule has 1 aromatic heterocycles. The molecule has 3 rings (SSSR count). The molecule has 0 fully saturated rings. The number of nitrogens with one attached hydrogen (secondary N) is 1. The molecular weight excluding hydrogens is 325 g/mol. The second kappa shape index (κ2) is 7.57. The van der Waals surface area contributed by atoms with E-state index in [4.69, 9.17) is 4.74 Å². The van der Waals surface area contributed by atoms with Crippen molar-refractivity contribution < 1.29 is 13.9 Å². The molecule has 0 saturated carbocycles. The first-order chi connectivity index (χ1) is 11.7. The van der Waals surface area contributed by atoms with Gasteiger partial charge in [0.05, 0.1) is 5.69 Å². The highest BCUT2D eigenvalue weighted by Crippen LogP contribution is 2.29. The summed E-state index contributed by atoms with van der Waals surface area (Å²) in [4.78, 5) is 12.1. The number of amides is 1. The van der Waals surface area contributed by atoms with Gasteiger partial charge in [0.2, 0.25) is 5.91 Å². The third-order valence-electron chi connectivity index (χ3n) is 3.14. The third-order valence-corrected chi connectivity index (χ3v) is 3.84. The van der Waals surface area contributed by atoms with Crippen LogP contribution in [0.2, 0.25) is 0 Å². The Balaban J connectivity index is 1.73. The Morgan fingerprint density at radius 1 is 1.12 bits per heavy atom. The minimum atomic E-state index is -0.382. The molecule has 0 aliphatic heterocycles. The molecule has 0 aliphatic rings. The van der Waals surface area contributed by atoms with Crippen molar-refractivity contribution in [1.29, 1.82) is 0 Å². The molecule has 2 aromatic carbocycles. The van der Waals surface area contributed by atoms with Crippen LogP contribution in [0, 0.1) is 5.82 Å². The van der Waals surface area contributed by atoms with Gasteiger partial charge in [0.15, 0.2) is 5.75 Å². The van der Waals surface area contributed by atoms with Crippen molar-refractivity contribution in [2.75, 3.05) is 5.32 Å². The van der Waals surface area contributed by atoms with E-state index in [1.54, 1.807) is 53.8 Å². The quantitative estimate of drug-likeness (QED) is 0.638. The van der Waals surface area contributed by atoms with Gasteiger partial charge in [-0.3, -0.25) is 4.79 Å². The van der Waals surface area contributed by atoms with E-state index >= 15 is 0 Å². The highest BCUT2D eigenvalue weighted by Gasteiger charge is 2.07. The largest absolute Gasteiger partial charge is 0.455 e. The molecule has 120 valence electrons. The first kappa shape index (κ1) is 16.0. The van der Waals surface area contributed by atoms with Crippen molar-refractivity contribution in [3.8, 4) is 11.5 Å². The summed E-state index contributed by atoms with van der Waals surface area (Å²) in [6, 6.07) is 14.8. The molecule has 0 saturated heterocycles. The monoisotopic (exact) mass is 339 g/mol. The number of hydrogen-bond donors (Lipinski definition) is 1. The molecule has 3 nitrogen and oxygen atoms in total. The number of anilines is 1. The number of rotatable bonds is 5. The fourth-order valence-electron chi connectivity index (χ4n) is 2.03. The molecule has 0 spiro atoms. The summed E-state index contributed by atoms with van der Waals surface area (Å²) in [5, 5.41) is 6.66. The summed E-state index contributed by atoms with van der Waals surface area (Å²) < 4.78 is 18.9. The Hall–Kier alpha value is -2.92. The molecule has 1 N–H and O–H groups in total. The second-order valence-electron chi connectivity index (χ2n) is 4.93. The van der Waals surface area contributed by atoms with Crippen LogP contribution in [0.3, 0.4) is 0 Å². The van der Waals surface area contributed by atoms with E-state index in [9.17, 15) is 9.18 Å². The van der Waals surface area contributed by atoms with Gasteiger partial charge in [-0.05, 0) is 52.7 Å². The normalized spacial score (nSPS) is 10.7. The number of carbonyl (C=O) groups excluding carboxylic acids is 1. The van der Waals surface area contributed by atoms with Crippen LogP contribution in [0.1, 0.15) is 5.56 Å². The molecule has 0 aliphatic carbocycles. The Labute approximate surface area is 143 Å². The Bertz CT molecular complexity index is 859. The van der Waals surface area contributed by atoms with E-state index in [2.05, 4.69) is 5.32 Å². The summed E-state index contributed by atoms with van der Waals surface area (Å²) in [6.45, 7) is 0. The predicted molar refractivity (Wildman–Crippen MR) is 94.9 cm³/mol. The average Bonchev–Trinajstić information content (AvgIpc) is 3.08. The van der Waals surface area contributed by atoms with Gasteiger partial charge in [0, 0.05) is 12.1 Å². The predicted octanol–water partition coefficient (Wildman–Crippen LogP) is 5.33. The minimum absolute atomic E-state index is 0.267. The lowest BCUT2D eigenvalue weighted by Crippen LogP contribution is -2.08. The molecule has 0 radical (unpaired) electrons. The molecular formula is C19H14FNO2S. The van der Waals surface area contributed by atoms with Crippen molar-refractivity contribution >= 4 is 29.0 Å². The van der Waals surface area contributed by atoms with Crippen LogP contribution in [0.5, 0.6) is 11.5 Å².